The Morgan fingerprint density at radius 1 is 0.864 bits per heavy atom. The van der Waals surface area contributed by atoms with Crippen LogP contribution in [0.4, 0.5) is 0 Å². The van der Waals surface area contributed by atoms with E-state index in [-0.39, 0.29) is 11.4 Å². The second kappa shape index (κ2) is 5.38. The zero-order chi connectivity index (χ0) is 15.7. The molecule has 3 aromatic carbocycles. The standard InChI is InChI=1S/C20H20O2/c1-20(2,3)22-17-13-15-11-7-8-12-16(15)19(21)18(17)14-9-5-4-6-10-14/h4-13,21H,1-3H3. The molecule has 2 nitrogen and oxygen atoms in total. The summed E-state index contributed by atoms with van der Waals surface area (Å²) in [7, 11) is 0. The number of aromatic hydroxyl groups is 1. The van der Waals surface area contributed by atoms with Gasteiger partial charge in [-0.2, -0.15) is 0 Å². The minimum Gasteiger partial charge on any atom is -0.507 e. The van der Waals surface area contributed by atoms with E-state index in [1.54, 1.807) is 0 Å². The summed E-state index contributed by atoms with van der Waals surface area (Å²) >= 11 is 0. The van der Waals surface area contributed by atoms with Crippen molar-refractivity contribution in [1.82, 2.24) is 0 Å². The molecule has 1 N–H and O–H groups in total. The van der Waals surface area contributed by atoms with Crippen LogP contribution in [0.3, 0.4) is 0 Å². The Morgan fingerprint density at radius 2 is 1.50 bits per heavy atom. The molecule has 0 aliphatic rings. The molecule has 0 fully saturated rings. The lowest BCUT2D eigenvalue weighted by atomic mass is 9.98. The summed E-state index contributed by atoms with van der Waals surface area (Å²) in [6, 6.07) is 19.7. The first-order valence-corrected chi connectivity index (χ1v) is 7.45. The maximum atomic E-state index is 10.8. The van der Waals surface area contributed by atoms with Crippen LogP contribution in [0.1, 0.15) is 20.8 Å². The monoisotopic (exact) mass is 292 g/mol. The van der Waals surface area contributed by atoms with Gasteiger partial charge in [-0.25, -0.2) is 0 Å². The average molecular weight is 292 g/mol. The Morgan fingerprint density at radius 3 is 2.18 bits per heavy atom. The maximum absolute atomic E-state index is 10.8. The van der Waals surface area contributed by atoms with Gasteiger partial charge in [0.05, 0.1) is 5.56 Å². The van der Waals surface area contributed by atoms with Gasteiger partial charge in [0, 0.05) is 5.39 Å². The first-order valence-electron chi connectivity index (χ1n) is 7.45. The lowest BCUT2D eigenvalue weighted by Gasteiger charge is -2.24. The number of rotatable bonds is 2. The molecular formula is C20H20O2. The zero-order valence-corrected chi connectivity index (χ0v) is 13.1. The third-order valence-electron chi connectivity index (χ3n) is 3.46. The molecule has 0 atom stereocenters. The molecule has 0 radical (unpaired) electrons. The molecule has 22 heavy (non-hydrogen) atoms. The number of ether oxygens (including phenoxy) is 1. The minimum atomic E-state index is -0.335. The molecule has 3 aromatic rings. The van der Waals surface area contributed by atoms with Gasteiger partial charge in [-0.3, -0.25) is 0 Å². The molecule has 0 spiro atoms. The van der Waals surface area contributed by atoms with E-state index >= 15 is 0 Å². The van der Waals surface area contributed by atoms with E-state index in [2.05, 4.69) is 0 Å². The summed E-state index contributed by atoms with van der Waals surface area (Å²) < 4.78 is 6.12. The van der Waals surface area contributed by atoms with Crippen LogP contribution in [0.25, 0.3) is 21.9 Å². The second-order valence-corrected chi connectivity index (χ2v) is 6.40. The van der Waals surface area contributed by atoms with Crippen LogP contribution in [0, 0.1) is 0 Å². The van der Waals surface area contributed by atoms with Gasteiger partial charge in [-0.05, 0) is 37.8 Å². The van der Waals surface area contributed by atoms with E-state index in [9.17, 15) is 5.11 Å². The molecule has 0 aliphatic heterocycles. The lowest BCUT2D eigenvalue weighted by molar-refractivity contribution is 0.131. The van der Waals surface area contributed by atoms with E-state index in [1.807, 2.05) is 81.4 Å². The largest absolute Gasteiger partial charge is 0.507 e. The summed E-state index contributed by atoms with van der Waals surface area (Å²) in [6.45, 7) is 6.02. The molecule has 0 amide bonds. The van der Waals surface area contributed by atoms with E-state index in [0.717, 1.165) is 21.9 Å². The fraction of sp³-hybridized carbons (Fsp3) is 0.200. The third kappa shape index (κ3) is 2.77. The van der Waals surface area contributed by atoms with Crippen molar-refractivity contribution in [1.29, 1.82) is 0 Å². The third-order valence-corrected chi connectivity index (χ3v) is 3.46. The van der Waals surface area contributed by atoms with Crippen molar-refractivity contribution in [3.63, 3.8) is 0 Å². The molecule has 0 saturated carbocycles. The summed E-state index contributed by atoms with van der Waals surface area (Å²) in [4.78, 5) is 0. The molecular weight excluding hydrogens is 272 g/mol. The SMILES string of the molecule is CC(C)(C)Oc1cc2ccccc2c(O)c1-c1ccccc1. The van der Waals surface area contributed by atoms with E-state index in [0.29, 0.717) is 5.75 Å². The molecule has 0 aromatic heterocycles. The molecule has 0 saturated heterocycles. The number of phenolic OH excluding ortho intramolecular Hbond substituents is 1. The highest BCUT2D eigenvalue weighted by Gasteiger charge is 2.20. The number of hydrogen-bond acceptors (Lipinski definition) is 2. The summed E-state index contributed by atoms with van der Waals surface area (Å²) in [5.41, 5.74) is 1.36. The fourth-order valence-electron chi connectivity index (χ4n) is 2.60. The van der Waals surface area contributed by atoms with Crippen LogP contribution in [0.5, 0.6) is 11.5 Å². The normalized spacial score (nSPS) is 11.6. The highest BCUT2D eigenvalue weighted by Crippen LogP contribution is 2.44. The number of fused-ring (bicyclic) bond motifs is 1. The predicted octanol–water partition coefficient (Wildman–Crippen LogP) is 5.39. The maximum Gasteiger partial charge on any atom is 0.134 e. The summed E-state index contributed by atoms with van der Waals surface area (Å²) in [6.07, 6.45) is 0. The van der Waals surface area contributed by atoms with Crippen LogP contribution < -0.4 is 4.74 Å². The van der Waals surface area contributed by atoms with Gasteiger partial charge < -0.3 is 9.84 Å². The van der Waals surface area contributed by atoms with Crippen molar-refractivity contribution in [3.05, 3.63) is 60.7 Å². The van der Waals surface area contributed by atoms with Crippen LogP contribution in [-0.2, 0) is 0 Å². The second-order valence-electron chi connectivity index (χ2n) is 6.40. The van der Waals surface area contributed by atoms with Crippen LogP contribution in [0.15, 0.2) is 60.7 Å². The van der Waals surface area contributed by atoms with Gasteiger partial charge >= 0.3 is 0 Å². The van der Waals surface area contributed by atoms with Crippen molar-refractivity contribution in [2.75, 3.05) is 0 Å². The first kappa shape index (κ1) is 14.5. The molecule has 2 heteroatoms. The number of phenols is 1. The zero-order valence-electron chi connectivity index (χ0n) is 13.1. The molecule has 0 aliphatic carbocycles. The van der Waals surface area contributed by atoms with Crippen molar-refractivity contribution in [2.24, 2.45) is 0 Å². The molecule has 0 bridgehead atoms. The van der Waals surface area contributed by atoms with Crippen LogP contribution in [-0.4, -0.2) is 10.7 Å². The molecule has 0 heterocycles. The van der Waals surface area contributed by atoms with E-state index < -0.39 is 0 Å². The Bertz CT molecular complexity index is 799. The van der Waals surface area contributed by atoms with Gasteiger partial charge in [-0.15, -0.1) is 0 Å². The highest BCUT2D eigenvalue weighted by molar-refractivity contribution is 5.97. The van der Waals surface area contributed by atoms with Crippen molar-refractivity contribution in [2.45, 2.75) is 26.4 Å². The van der Waals surface area contributed by atoms with Crippen molar-refractivity contribution in [3.8, 4) is 22.6 Å². The van der Waals surface area contributed by atoms with E-state index in [1.165, 1.54) is 0 Å². The van der Waals surface area contributed by atoms with E-state index in [4.69, 9.17) is 4.74 Å². The Balaban J connectivity index is 2.31. The highest BCUT2D eigenvalue weighted by atomic mass is 16.5. The van der Waals surface area contributed by atoms with Crippen molar-refractivity contribution >= 4 is 10.8 Å². The Labute approximate surface area is 131 Å². The molecule has 0 unspecified atom stereocenters. The smallest absolute Gasteiger partial charge is 0.134 e. The quantitative estimate of drug-likeness (QED) is 0.686. The molecule has 3 rings (SSSR count). The van der Waals surface area contributed by atoms with Gasteiger partial charge in [0.15, 0.2) is 0 Å². The van der Waals surface area contributed by atoms with Gasteiger partial charge in [0.1, 0.15) is 17.1 Å². The summed E-state index contributed by atoms with van der Waals surface area (Å²) in [5.74, 6) is 0.971. The van der Waals surface area contributed by atoms with Crippen LogP contribution in [0.2, 0.25) is 0 Å². The first-order chi connectivity index (χ1) is 10.5. The number of benzene rings is 3. The Kier molecular flexibility index (Phi) is 3.53. The minimum absolute atomic E-state index is 0.267. The molecule has 112 valence electrons. The van der Waals surface area contributed by atoms with Crippen molar-refractivity contribution < 1.29 is 9.84 Å². The fourth-order valence-corrected chi connectivity index (χ4v) is 2.60. The Hall–Kier alpha value is -2.48. The number of hydrogen-bond donors (Lipinski definition) is 1. The van der Waals surface area contributed by atoms with Crippen LogP contribution >= 0.6 is 0 Å². The van der Waals surface area contributed by atoms with Gasteiger partial charge in [-0.1, -0.05) is 54.6 Å². The predicted molar refractivity (Wildman–Crippen MR) is 91.4 cm³/mol. The average Bonchev–Trinajstić information content (AvgIpc) is 2.47. The topological polar surface area (TPSA) is 29.5 Å². The van der Waals surface area contributed by atoms with Gasteiger partial charge in [0.2, 0.25) is 0 Å². The lowest BCUT2D eigenvalue weighted by Crippen LogP contribution is -2.23. The van der Waals surface area contributed by atoms with Gasteiger partial charge in [0.25, 0.3) is 0 Å². The summed E-state index contributed by atoms with van der Waals surface area (Å²) in [5, 5.41) is 12.6.